The fourth-order valence-corrected chi connectivity index (χ4v) is 4.21. The van der Waals surface area contributed by atoms with Crippen LogP contribution in [0, 0.1) is 13.8 Å². The largest absolute Gasteiger partial charge is 0.496 e. The van der Waals surface area contributed by atoms with E-state index in [1.807, 2.05) is 13.0 Å². The maximum atomic E-state index is 5.86. The van der Waals surface area contributed by atoms with Gasteiger partial charge in [-0.15, -0.1) is 29.0 Å². The third kappa shape index (κ3) is 2.85. The average Bonchev–Trinajstić information content (AvgIpc) is 3.32. The molecule has 0 atom stereocenters. The number of furan rings is 1. The van der Waals surface area contributed by atoms with Gasteiger partial charge in [0.2, 0.25) is 0 Å². The van der Waals surface area contributed by atoms with E-state index in [1.165, 1.54) is 57.9 Å². The number of fused-ring (bicyclic) bond motifs is 2. The fourth-order valence-electron chi connectivity index (χ4n) is 4.21. The van der Waals surface area contributed by atoms with Crippen LogP contribution in [0.3, 0.4) is 0 Å². The van der Waals surface area contributed by atoms with Crippen molar-refractivity contribution in [3.8, 4) is 22.5 Å². The standard InChI is InChI=1S/C24H21O.Zr/c1-15-6-9-17(10-7-15)24-21-5-3-4-18(21)12-19-13-20(14-22(19)24)23-11-8-16(2)25-23;/h6-14H,3-5H2,1-2H3;/q-1;. The SMILES string of the molecule is Cc1ccc(-c2c3c(cc4[cH-]c(-c5ccc(C)o5)cc24)CCC3)cc1.[Zr]. The smallest absolute Gasteiger partial charge is 0.0896 e. The van der Waals surface area contributed by atoms with Crippen LogP contribution in [0.5, 0.6) is 0 Å². The van der Waals surface area contributed by atoms with Crippen molar-refractivity contribution >= 4 is 10.8 Å². The molecule has 0 N–H and O–H groups in total. The van der Waals surface area contributed by atoms with Gasteiger partial charge in [0, 0.05) is 26.2 Å². The van der Waals surface area contributed by atoms with Crippen LogP contribution >= 0.6 is 0 Å². The molecule has 128 valence electrons. The van der Waals surface area contributed by atoms with Crippen molar-refractivity contribution in [2.24, 2.45) is 0 Å². The molecule has 0 spiro atoms. The molecule has 0 aliphatic heterocycles. The van der Waals surface area contributed by atoms with Gasteiger partial charge in [0.15, 0.2) is 0 Å². The van der Waals surface area contributed by atoms with Crippen LogP contribution < -0.4 is 0 Å². The predicted molar refractivity (Wildman–Crippen MR) is 104 cm³/mol. The Bertz CT molecular complexity index is 1080. The zero-order valence-electron chi connectivity index (χ0n) is 15.2. The minimum Gasteiger partial charge on any atom is -0.496 e. The summed E-state index contributed by atoms with van der Waals surface area (Å²) in [7, 11) is 0. The first-order valence-electron chi connectivity index (χ1n) is 9.08. The van der Waals surface area contributed by atoms with Crippen molar-refractivity contribution in [1.82, 2.24) is 0 Å². The molecule has 3 aromatic carbocycles. The zero-order chi connectivity index (χ0) is 17.0. The molecule has 0 amide bonds. The molecule has 0 saturated heterocycles. The Balaban J connectivity index is 0.00000168. The summed E-state index contributed by atoms with van der Waals surface area (Å²) in [6.45, 7) is 4.15. The van der Waals surface area contributed by atoms with E-state index in [0.717, 1.165) is 11.5 Å². The van der Waals surface area contributed by atoms with Gasteiger partial charge in [0.1, 0.15) is 0 Å². The molecule has 4 aromatic rings. The van der Waals surface area contributed by atoms with Crippen molar-refractivity contribution in [2.75, 3.05) is 0 Å². The van der Waals surface area contributed by atoms with E-state index in [0.29, 0.717) is 0 Å². The Morgan fingerprint density at radius 3 is 2.46 bits per heavy atom. The average molecular weight is 417 g/mol. The van der Waals surface area contributed by atoms with Crippen LogP contribution in [0.1, 0.15) is 28.9 Å². The Kier molecular flexibility index (Phi) is 4.57. The van der Waals surface area contributed by atoms with Gasteiger partial charge < -0.3 is 4.42 Å². The summed E-state index contributed by atoms with van der Waals surface area (Å²) >= 11 is 0. The van der Waals surface area contributed by atoms with E-state index in [1.54, 1.807) is 5.56 Å². The van der Waals surface area contributed by atoms with Crippen LogP contribution in [0.25, 0.3) is 33.2 Å². The van der Waals surface area contributed by atoms with Gasteiger partial charge >= 0.3 is 0 Å². The fraction of sp³-hybridized carbons (Fsp3) is 0.208. The Morgan fingerprint density at radius 2 is 1.73 bits per heavy atom. The second-order valence-corrected chi connectivity index (χ2v) is 7.27. The third-order valence-corrected chi connectivity index (χ3v) is 5.45. The molecular weight excluding hydrogens is 395 g/mol. The van der Waals surface area contributed by atoms with E-state index in [9.17, 15) is 0 Å². The molecule has 0 saturated carbocycles. The van der Waals surface area contributed by atoms with Crippen LogP contribution in [-0.2, 0) is 39.0 Å². The first-order chi connectivity index (χ1) is 12.2. The van der Waals surface area contributed by atoms with E-state index in [2.05, 4.69) is 55.5 Å². The summed E-state index contributed by atoms with van der Waals surface area (Å²) in [5.41, 5.74) is 8.32. The second kappa shape index (κ2) is 6.74. The van der Waals surface area contributed by atoms with Crippen LogP contribution in [0.2, 0.25) is 0 Å². The van der Waals surface area contributed by atoms with Crippen molar-refractivity contribution < 1.29 is 30.6 Å². The monoisotopic (exact) mass is 415 g/mol. The van der Waals surface area contributed by atoms with Crippen LogP contribution in [0.4, 0.5) is 0 Å². The van der Waals surface area contributed by atoms with E-state index < -0.39 is 0 Å². The van der Waals surface area contributed by atoms with Crippen molar-refractivity contribution in [3.05, 3.63) is 77.0 Å². The van der Waals surface area contributed by atoms with E-state index >= 15 is 0 Å². The number of rotatable bonds is 2. The van der Waals surface area contributed by atoms with Crippen LogP contribution in [0.15, 0.2) is 59.0 Å². The molecule has 0 fully saturated rings. The Labute approximate surface area is 173 Å². The summed E-state index contributed by atoms with van der Waals surface area (Å²) in [4.78, 5) is 0. The summed E-state index contributed by atoms with van der Waals surface area (Å²) < 4.78 is 5.86. The molecule has 1 heterocycles. The molecule has 1 nitrogen and oxygen atoms in total. The molecule has 2 heteroatoms. The van der Waals surface area contributed by atoms with Crippen molar-refractivity contribution in [3.63, 3.8) is 0 Å². The zero-order valence-corrected chi connectivity index (χ0v) is 17.7. The maximum absolute atomic E-state index is 5.86. The second-order valence-electron chi connectivity index (χ2n) is 7.27. The molecule has 0 bridgehead atoms. The molecule has 5 rings (SSSR count). The van der Waals surface area contributed by atoms with E-state index in [-0.39, 0.29) is 26.2 Å². The van der Waals surface area contributed by atoms with Gasteiger partial charge in [-0.3, -0.25) is 0 Å². The number of aryl methyl sites for hydroxylation is 3. The molecule has 1 aliphatic carbocycles. The summed E-state index contributed by atoms with van der Waals surface area (Å²) in [5, 5.41) is 2.69. The van der Waals surface area contributed by atoms with Crippen LogP contribution in [-0.4, -0.2) is 0 Å². The quantitative estimate of drug-likeness (QED) is 0.336. The number of benzene rings is 2. The summed E-state index contributed by atoms with van der Waals surface area (Å²) in [6, 6.07) is 20.1. The Morgan fingerprint density at radius 1 is 0.923 bits per heavy atom. The van der Waals surface area contributed by atoms with E-state index in [4.69, 9.17) is 4.42 Å². The molecular formula is C24H21OZr-. The van der Waals surface area contributed by atoms with Crippen molar-refractivity contribution in [1.29, 1.82) is 0 Å². The number of hydrogen-bond acceptors (Lipinski definition) is 1. The topological polar surface area (TPSA) is 13.1 Å². The summed E-state index contributed by atoms with van der Waals surface area (Å²) in [5.74, 6) is 1.92. The van der Waals surface area contributed by atoms with Gasteiger partial charge in [-0.05, 0) is 56.4 Å². The predicted octanol–water partition coefficient (Wildman–Crippen LogP) is 6.59. The number of hydrogen-bond donors (Lipinski definition) is 0. The maximum Gasteiger partial charge on any atom is 0.0896 e. The van der Waals surface area contributed by atoms with Gasteiger partial charge in [0.05, 0.1) is 11.5 Å². The van der Waals surface area contributed by atoms with Gasteiger partial charge in [-0.25, -0.2) is 0 Å². The van der Waals surface area contributed by atoms with Gasteiger partial charge in [0.25, 0.3) is 0 Å². The molecule has 0 unspecified atom stereocenters. The normalized spacial score (nSPS) is 13.0. The minimum absolute atomic E-state index is 0. The van der Waals surface area contributed by atoms with Crippen molar-refractivity contribution in [2.45, 2.75) is 33.1 Å². The summed E-state index contributed by atoms with van der Waals surface area (Å²) in [6.07, 6.45) is 3.66. The molecule has 26 heavy (non-hydrogen) atoms. The Hall–Kier alpha value is -1.79. The van der Waals surface area contributed by atoms with Gasteiger partial charge in [-0.2, -0.15) is 0 Å². The molecule has 1 aliphatic rings. The minimum atomic E-state index is 0. The third-order valence-electron chi connectivity index (χ3n) is 5.45. The van der Waals surface area contributed by atoms with Gasteiger partial charge in [-0.1, -0.05) is 46.5 Å². The first kappa shape index (κ1) is 17.6. The first-order valence-corrected chi connectivity index (χ1v) is 9.08. The molecule has 0 radical (unpaired) electrons. The molecule has 1 aromatic heterocycles.